The van der Waals surface area contributed by atoms with Gasteiger partial charge in [-0.3, -0.25) is 9.59 Å². The van der Waals surface area contributed by atoms with Gasteiger partial charge in [-0.15, -0.1) is 0 Å². The first-order valence-corrected chi connectivity index (χ1v) is 13.1. The van der Waals surface area contributed by atoms with E-state index < -0.39 is 0 Å². The molecule has 9 heteroatoms. The van der Waals surface area contributed by atoms with Gasteiger partial charge in [-0.2, -0.15) is 9.78 Å². The van der Waals surface area contributed by atoms with E-state index in [1.807, 2.05) is 43.3 Å². The number of fused-ring (bicyclic) bond motifs is 1. The number of unbranched alkanes of at least 4 members (excludes halogenated alkanes) is 1. The Kier molecular flexibility index (Phi) is 8.91. The van der Waals surface area contributed by atoms with E-state index in [0.29, 0.717) is 45.9 Å². The predicted octanol–water partition coefficient (Wildman–Crippen LogP) is 5.72. The van der Waals surface area contributed by atoms with Crippen molar-refractivity contribution in [3.8, 4) is 11.5 Å². The largest absolute Gasteiger partial charge is 0.493 e. The fraction of sp³-hybridized carbons (Fsp3) is 0.241. The third kappa shape index (κ3) is 6.47. The van der Waals surface area contributed by atoms with Crippen molar-refractivity contribution in [1.29, 1.82) is 0 Å². The highest BCUT2D eigenvalue weighted by atomic mass is 79.9. The first kappa shape index (κ1) is 27.1. The summed E-state index contributed by atoms with van der Waals surface area (Å²) in [6, 6.07) is 18.2. The average molecular weight is 577 g/mol. The Morgan fingerprint density at radius 3 is 2.68 bits per heavy atom. The van der Waals surface area contributed by atoms with Gasteiger partial charge in [0, 0.05) is 22.1 Å². The number of para-hydroxylation sites is 1. The topological polar surface area (TPSA) is 94.8 Å². The highest BCUT2D eigenvalue weighted by Crippen LogP contribution is 2.30. The summed E-state index contributed by atoms with van der Waals surface area (Å²) < 4.78 is 13.5. The van der Waals surface area contributed by atoms with Gasteiger partial charge in [0.2, 0.25) is 0 Å². The van der Waals surface area contributed by atoms with Crippen molar-refractivity contribution in [3.05, 3.63) is 92.4 Å². The summed E-state index contributed by atoms with van der Waals surface area (Å²) in [5.74, 6) is 1.05. The van der Waals surface area contributed by atoms with Crippen molar-refractivity contribution >= 4 is 44.6 Å². The van der Waals surface area contributed by atoms with Crippen molar-refractivity contribution in [2.45, 2.75) is 33.1 Å². The number of hydrogen-bond donors (Lipinski definition) is 1. The van der Waals surface area contributed by atoms with Crippen molar-refractivity contribution in [2.24, 2.45) is 5.10 Å². The molecule has 0 saturated carbocycles. The number of halogens is 1. The molecule has 3 aromatic carbocycles. The Morgan fingerprint density at radius 1 is 1.16 bits per heavy atom. The van der Waals surface area contributed by atoms with Crippen molar-refractivity contribution < 1.29 is 14.3 Å². The lowest BCUT2D eigenvalue weighted by molar-refractivity contribution is -0.118. The van der Waals surface area contributed by atoms with E-state index in [2.05, 4.69) is 33.3 Å². The third-order valence-corrected chi connectivity index (χ3v) is 6.35. The number of aryl methyl sites for hydroxylation is 2. The second kappa shape index (κ2) is 12.5. The number of anilines is 1. The molecule has 1 aromatic heterocycles. The van der Waals surface area contributed by atoms with Crippen LogP contribution in [0.2, 0.25) is 0 Å². The summed E-state index contributed by atoms with van der Waals surface area (Å²) in [6.45, 7) is 3.83. The van der Waals surface area contributed by atoms with E-state index >= 15 is 0 Å². The van der Waals surface area contributed by atoms with Gasteiger partial charge in [0.15, 0.2) is 18.1 Å². The highest BCUT2D eigenvalue weighted by Gasteiger charge is 2.14. The normalized spacial score (nSPS) is 11.2. The first-order chi connectivity index (χ1) is 18.4. The van der Waals surface area contributed by atoms with Gasteiger partial charge in [-0.05, 0) is 55.8 Å². The zero-order valence-electron chi connectivity index (χ0n) is 21.5. The molecule has 196 valence electrons. The fourth-order valence-corrected chi connectivity index (χ4v) is 4.21. The summed E-state index contributed by atoms with van der Waals surface area (Å²) in [5, 5.41) is 7.79. The Bertz CT molecular complexity index is 1530. The maximum atomic E-state index is 13.4. The highest BCUT2D eigenvalue weighted by molar-refractivity contribution is 9.10. The molecule has 0 atom stereocenters. The van der Waals surface area contributed by atoms with Crippen LogP contribution in [0, 0.1) is 6.92 Å². The van der Waals surface area contributed by atoms with Crippen molar-refractivity contribution in [1.82, 2.24) is 9.66 Å². The second-order valence-corrected chi connectivity index (χ2v) is 9.65. The Hall–Kier alpha value is -3.98. The smallest absolute Gasteiger partial charge is 0.282 e. The lowest BCUT2D eigenvalue weighted by Gasteiger charge is -2.14. The van der Waals surface area contributed by atoms with Crippen LogP contribution < -0.4 is 20.3 Å². The van der Waals surface area contributed by atoms with E-state index in [1.54, 1.807) is 24.3 Å². The molecule has 4 rings (SSSR count). The molecule has 1 N–H and O–H groups in total. The average Bonchev–Trinajstić information content (AvgIpc) is 2.92. The monoisotopic (exact) mass is 576 g/mol. The summed E-state index contributed by atoms with van der Waals surface area (Å²) in [4.78, 5) is 30.6. The summed E-state index contributed by atoms with van der Waals surface area (Å²) in [7, 11) is 1.52. The Morgan fingerprint density at radius 2 is 1.95 bits per heavy atom. The number of nitrogens with one attached hydrogen (secondary N) is 1. The predicted molar refractivity (Wildman–Crippen MR) is 154 cm³/mol. The molecule has 0 bridgehead atoms. The summed E-state index contributed by atoms with van der Waals surface area (Å²) in [5.41, 5.74) is 2.70. The molecule has 0 fully saturated rings. The van der Waals surface area contributed by atoms with E-state index in [-0.39, 0.29) is 18.1 Å². The molecule has 0 aliphatic heterocycles. The van der Waals surface area contributed by atoms with Gasteiger partial charge >= 0.3 is 0 Å². The number of ether oxygens (including phenoxy) is 2. The number of hydrogen-bond acceptors (Lipinski definition) is 6. The van der Waals surface area contributed by atoms with E-state index in [4.69, 9.17) is 14.5 Å². The van der Waals surface area contributed by atoms with Crippen molar-refractivity contribution in [2.75, 3.05) is 19.0 Å². The zero-order chi connectivity index (χ0) is 27.1. The number of nitrogens with zero attached hydrogens (tertiary/aromatic N) is 3. The molecule has 8 nitrogen and oxygen atoms in total. The van der Waals surface area contributed by atoms with E-state index in [0.717, 1.165) is 22.9 Å². The number of aromatic nitrogens is 2. The molecule has 0 aliphatic carbocycles. The minimum atomic E-state index is -0.315. The minimum absolute atomic E-state index is 0.234. The number of amides is 1. The molecule has 38 heavy (non-hydrogen) atoms. The molecule has 1 amide bonds. The van der Waals surface area contributed by atoms with Gasteiger partial charge in [0.25, 0.3) is 11.5 Å². The molecule has 0 radical (unpaired) electrons. The summed E-state index contributed by atoms with van der Waals surface area (Å²) in [6.07, 6.45) is 3.96. The Labute approximate surface area is 229 Å². The molecular formula is C29H29BrN4O4. The molecule has 0 aliphatic rings. The number of carbonyl (C=O) groups is 1. The molecular weight excluding hydrogens is 548 g/mol. The van der Waals surface area contributed by atoms with Crippen LogP contribution in [0.5, 0.6) is 11.5 Å². The van der Waals surface area contributed by atoms with Gasteiger partial charge < -0.3 is 14.8 Å². The maximum Gasteiger partial charge on any atom is 0.282 e. The van der Waals surface area contributed by atoms with Crippen LogP contribution in [0.15, 0.2) is 75.0 Å². The minimum Gasteiger partial charge on any atom is -0.493 e. The van der Waals surface area contributed by atoms with Crippen LogP contribution in [0.4, 0.5) is 5.69 Å². The number of methoxy groups -OCH3 is 1. The van der Waals surface area contributed by atoms with Gasteiger partial charge in [-0.1, -0.05) is 53.0 Å². The number of benzene rings is 3. The number of carbonyl (C=O) groups excluding carboxylic acids is 1. The molecule has 4 aromatic rings. The molecule has 0 saturated heterocycles. The van der Waals surface area contributed by atoms with Crippen LogP contribution >= 0.6 is 15.9 Å². The maximum absolute atomic E-state index is 13.4. The quantitative estimate of drug-likeness (QED) is 0.244. The van der Waals surface area contributed by atoms with Gasteiger partial charge in [0.1, 0.15) is 5.82 Å². The van der Waals surface area contributed by atoms with Crippen LogP contribution in [-0.4, -0.2) is 35.5 Å². The van der Waals surface area contributed by atoms with Crippen molar-refractivity contribution in [3.63, 3.8) is 0 Å². The fourth-order valence-electron chi connectivity index (χ4n) is 3.85. The second-order valence-electron chi connectivity index (χ2n) is 8.74. The van der Waals surface area contributed by atoms with Crippen LogP contribution in [0.1, 0.15) is 36.7 Å². The standard InChI is InChI=1S/C29H29BrN4O4/c1-4-5-9-26-33-24-15-12-21(30)16-23(24)29(36)34(26)31-17-20-7-6-8-25(37-3)28(20)38-18-27(35)32-22-13-10-19(2)11-14-22/h6-8,10-17H,4-5,9,18H2,1-3H3,(H,32,35). The van der Waals surface area contributed by atoms with Gasteiger partial charge in [-0.25, -0.2) is 4.98 Å². The van der Waals surface area contributed by atoms with Gasteiger partial charge in [0.05, 0.1) is 24.2 Å². The molecule has 0 spiro atoms. The SMILES string of the molecule is CCCCc1nc2ccc(Br)cc2c(=O)n1N=Cc1cccc(OC)c1OCC(=O)Nc1ccc(C)cc1. The van der Waals surface area contributed by atoms with Crippen LogP contribution in [-0.2, 0) is 11.2 Å². The summed E-state index contributed by atoms with van der Waals surface area (Å²) >= 11 is 3.43. The Balaban J connectivity index is 1.64. The number of rotatable bonds is 10. The van der Waals surface area contributed by atoms with Crippen LogP contribution in [0.25, 0.3) is 10.9 Å². The lowest BCUT2D eigenvalue weighted by atomic mass is 10.2. The van der Waals surface area contributed by atoms with E-state index in [1.165, 1.54) is 18.0 Å². The van der Waals surface area contributed by atoms with Crippen LogP contribution in [0.3, 0.4) is 0 Å². The molecule has 1 heterocycles. The third-order valence-electron chi connectivity index (χ3n) is 5.85. The molecule has 0 unspecified atom stereocenters. The lowest BCUT2D eigenvalue weighted by Crippen LogP contribution is -2.23. The zero-order valence-corrected chi connectivity index (χ0v) is 23.1. The van der Waals surface area contributed by atoms with E-state index in [9.17, 15) is 9.59 Å². The first-order valence-electron chi connectivity index (χ1n) is 12.3.